The van der Waals surface area contributed by atoms with Gasteiger partial charge in [-0.25, -0.2) is 4.79 Å². The average Bonchev–Trinajstić information content (AvgIpc) is 3.28. The fraction of sp³-hybridized carbons (Fsp3) is 0.533. The third kappa shape index (κ3) is 14.0. The Morgan fingerprint density at radius 3 is 2.22 bits per heavy atom. The van der Waals surface area contributed by atoms with Gasteiger partial charge in [-0.3, -0.25) is 38.4 Å². The van der Waals surface area contributed by atoms with Crippen LogP contribution in [0, 0.1) is 5.92 Å². The molecule has 2 aliphatic heterocycles. The number of aliphatic hydroxyl groups excluding tert-OH is 2. The fourth-order valence-electron chi connectivity index (χ4n) is 7.92. The van der Waals surface area contributed by atoms with Crippen LogP contribution in [-0.4, -0.2) is 152 Å². The van der Waals surface area contributed by atoms with E-state index in [0.29, 0.717) is 11.1 Å². The molecule has 4 rings (SSSR count). The van der Waals surface area contributed by atoms with E-state index in [9.17, 15) is 63.6 Å². The van der Waals surface area contributed by atoms with Gasteiger partial charge in [0.05, 0.1) is 11.1 Å². The van der Waals surface area contributed by atoms with E-state index >= 15 is 0 Å². The molecule has 0 radical (unpaired) electrons. The Balaban J connectivity index is 1.89. The van der Waals surface area contributed by atoms with Crippen LogP contribution in [0.1, 0.15) is 77.3 Å². The van der Waals surface area contributed by atoms with Crippen molar-refractivity contribution < 1.29 is 68.3 Å². The molecule has 0 unspecified atom stereocenters. The van der Waals surface area contributed by atoms with E-state index < -0.39 is 114 Å². The number of phenolic OH excluding ortho intramolecular Hbond substituents is 2. The second-order valence-corrected chi connectivity index (χ2v) is 17.5. The van der Waals surface area contributed by atoms with Gasteiger partial charge in [-0.2, -0.15) is 0 Å². The first kappa shape index (κ1) is 54.1. The third-order valence-electron chi connectivity index (χ3n) is 12.1. The summed E-state index contributed by atoms with van der Waals surface area (Å²) in [6.07, 6.45) is -5.86. The predicted molar refractivity (Wildman–Crippen MR) is 242 cm³/mol. The van der Waals surface area contributed by atoms with E-state index in [1.807, 2.05) is 0 Å². The lowest BCUT2D eigenvalue weighted by molar-refractivity contribution is -0.170. The SMILES string of the molecule is CC[C@H](C)[C@H]1NC(=O)[C@H](Cc2ccc(O)c(Cl)c2)N(C)C(=O)[C@H]([C@H](C)O)N2C(=O)[C@H](CC[C@@H]2O)NC(=O)[C@@H](CCc2ccc(O)cc2)NC(=O)[C@H](NC(=O)[C@@H](CCC(N)=O)NC=O)[C@H](C)OC1=O. The van der Waals surface area contributed by atoms with Gasteiger partial charge in [0, 0.05) is 19.9 Å². The number of nitrogens with zero attached hydrogens (tertiary/aromatic N) is 2. The van der Waals surface area contributed by atoms with Crippen LogP contribution in [0.25, 0.3) is 0 Å². The Bertz CT molecular complexity index is 2180. The number of cyclic esters (lactones) is 1. The quantitative estimate of drug-likeness (QED) is 0.0738. The number of ether oxygens (including phenoxy) is 1. The molecule has 0 aliphatic carbocycles. The second-order valence-electron chi connectivity index (χ2n) is 17.1. The number of rotatable bonds is 15. The number of primary amides is 1. The molecular formula is C45H61ClN8O14. The number of likely N-dealkylation sites (N-methyl/N-ethyl adjacent to an activating group) is 1. The van der Waals surface area contributed by atoms with Crippen molar-refractivity contribution in [3.05, 3.63) is 58.6 Å². The van der Waals surface area contributed by atoms with Crippen molar-refractivity contribution in [2.24, 2.45) is 11.7 Å². The lowest BCUT2D eigenvalue weighted by atomic mass is 9.96. The van der Waals surface area contributed by atoms with Crippen molar-refractivity contribution in [3.63, 3.8) is 0 Å². The van der Waals surface area contributed by atoms with Crippen molar-refractivity contribution in [3.8, 4) is 11.5 Å². The van der Waals surface area contributed by atoms with Crippen molar-refractivity contribution in [1.29, 1.82) is 0 Å². The first-order chi connectivity index (χ1) is 32.1. The number of carbonyl (C=O) groups excluding carboxylic acids is 9. The molecule has 0 spiro atoms. The van der Waals surface area contributed by atoms with Crippen LogP contribution in [0.5, 0.6) is 11.5 Å². The molecule has 2 saturated heterocycles. The van der Waals surface area contributed by atoms with E-state index in [1.54, 1.807) is 26.0 Å². The number of nitrogens with two attached hydrogens (primary N) is 1. The summed E-state index contributed by atoms with van der Waals surface area (Å²) in [7, 11) is 1.21. The summed E-state index contributed by atoms with van der Waals surface area (Å²) in [5.41, 5.74) is 6.23. The van der Waals surface area contributed by atoms with Crippen molar-refractivity contribution in [2.45, 2.75) is 140 Å². The van der Waals surface area contributed by atoms with Gasteiger partial charge in [-0.15, -0.1) is 0 Å². The number of benzene rings is 2. The number of aryl methyl sites for hydroxylation is 1. The molecule has 0 aromatic heterocycles. The van der Waals surface area contributed by atoms with E-state index in [-0.39, 0.29) is 74.3 Å². The molecule has 2 aromatic rings. The minimum atomic E-state index is -1.84. The van der Waals surface area contributed by atoms with Gasteiger partial charge >= 0.3 is 5.97 Å². The van der Waals surface area contributed by atoms with Gasteiger partial charge in [-0.1, -0.05) is 50.1 Å². The standard InChI is InChI=1S/C45H61ClN8O14/c1-6-22(2)36-45(67)68-24(4)37(52-39(61)29(48-21-55)14-17-34(47)59)42(64)49-30(13-9-25-7-11-27(57)12-8-25)40(62)50-31-15-18-35(60)54(43(31)65)38(23(3)56)44(66)53(5)32(41(63)51-36)20-26-10-16-33(58)28(46)19-26/h7-8,10-12,16,19,21-24,29-32,35-38,56-58,60H,6,9,13-15,17-18,20H2,1-5H3,(H2,47,59)(H,48,55)(H,49,64)(H,50,62)(H,51,63)(H,52,61)/t22-,23-,24-,29+,30+,31-,32-,35-,36+,37+,38-/m0/s1. The van der Waals surface area contributed by atoms with E-state index in [2.05, 4.69) is 26.6 Å². The Morgan fingerprint density at radius 1 is 0.956 bits per heavy atom. The second kappa shape index (κ2) is 24.5. The summed E-state index contributed by atoms with van der Waals surface area (Å²) in [6.45, 7) is 5.76. The Morgan fingerprint density at radius 2 is 1.62 bits per heavy atom. The van der Waals surface area contributed by atoms with Crippen LogP contribution in [0.2, 0.25) is 5.02 Å². The van der Waals surface area contributed by atoms with Crippen molar-refractivity contribution in [2.75, 3.05) is 7.05 Å². The number of hydrogen-bond donors (Lipinski definition) is 10. The summed E-state index contributed by atoms with van der Waals surface area (Å²) in [6, 6.07) is -1.08. The number of phenols is 2. The molecule has 2 aromatic carbocycles. The summed E-state index contributed by atoms with van der Waals surface area (Å²) in [5.74, 6) is -8.89. The highest BCUT2D eigenvalue weighted by Gasteiger charge is 2.47. The van der Waals surface area contributed by atoms with E-state index in [1.165, 1.54) is 51.2 Å². The topological polar surface area (TPSA) is 336 Å². The van der Waals surface area contributed by atoms with Gasteiger partial charge < -0.3 is 67.3 Å². The minimum absolute atomic E-state index is 0.0392. The van der Waals surface area contributed by atoms with Gasteiger partial charge in [0.2, 0.25) is 47.8 Å². The maximum atomic E-state index is 14.6. The van der Waals surface area contributed by atoms with Gasteiger partial charge in [0.1, 0.15) is 66.1 Å². The number of aromatic hydroxyl groups is 2. The molecule has 2 heterocycles. The van der Waals surface area contributed by atoms with E-state index in [0.717, 1.165) is 9.80 Å². The molecule has 372 valence electrons. The first-order valence-electron chi connectivity index (χ1n) is 22.2. The van der Waals surface area contributed by atoms with Crippen LogP contribution < -0.4 is 32.3 Å². The molecule has 68 heavy (non-hydrogen) atoms. The van der Waals surface area contributed by atoms with Gasteiger partial charge in [0.25, 0.3) is 0 Å². The largest absolute Gasteiger partial charge is 0.508 e. The number of halogens is 1. The molecule has 2 bridgehead atoms. The van der Waals surface area contributed by atoms with Gasteiger partial charge in [-0.05, 0) is 87.3 Å². The normalized spacial score (nSPS) is 25.8. The highest BCUT2D eigenvalue weighted by atomic mass is 35.5. The van der Waals surface area contributed by atoms with Crippen LogP contribution in [0.4, 0.5) is 0 Å². The highest BCUT2D eigenvalue weighted by Crippen LogP contribution is 2.27. The molecule has 2 fully saturated rings. The number of amides is 8. The van der Waals surface area contributed by atoms with Crippen LogP contribution in [-0.2, 0) is 60.7 Å². The van der Waals surface area contributed by atoms with Crippen LogP contribution >= 0.6 is 11.6 Å². The molecule has 2 aliphatic rings. The Labute approximate surface area is 397 Å². The zero-order valence-electron chi connectivity index (χ0n) is 38.3. The van der Waals surface area contributed by atoms with Crippen molar-refractivity contribution >= 4 is 65.3 Å². The zero-order chi connectivity index (χ0) is 50.6. The van der Waals surface area contributed by atoms with Crippen LogP contribution in [0.3, 0.4) is 0 Å². The van der Waals surface area contributed by atoms with E-state index in [4.69, 9.17) is 22.1 Å². The average molecular weight is 973 g/mol. The molecule has 22 nitrogen and oxygen atoms in total. The molecular weight excluding hydrogens is 912 g/mol. The summed E-state index contributed by atoms with van der Waals surface area (Å²) in [4.78, 5) is 125. The molecule has 11 N–H and O–H groups in total. The molecule has 11 atom stereocenters. The number of esters is 1. The summed E-state index contributed by atoms with van der Waals surface area (Å²) < 4.78 is 5.83. The minimum Gasteiger partial charge on any atom is -0.508 e. The number of aliphatic hydroxyl groups is 2. The maximum Gasteiger partial charge on any atom is 0.329 e. The third-order valence-corrected chi connectivity index (χ3v) is 12.4. The number of piperidine rings is 1. The maximum absolute atomic E-state index is 14.6. The smallest absolute Gasteiger partial charge is 0.329 e. The van der Waals surface area contributed by atoms with Crippen LogP contribution in [0.15, 0.2) is 42.5 Å². The van der Waals surface area contributed by atoms with Gasteiger partial charge in [0.15, 0.2) is 0 Å². The number of hydrogen-bond acceptors (Lipinski definition) is 14. The monoisotopic (exact) mass is 972 g/mol. The fourth-order valence-corrected chi connectivity index (χ4v) is 8.12. The molecule has 23 heteroatoms. The summed E-state index contributed by atoms with van der Waals surface area (Å²) >= 11 is 6.21. The van der Waals surface area contributed by atoms with Crippen molar-refractivity contribution in [1.82, 2.24) is 36.4 Å². The highest BCUT2D eigenvalue weighted by molar-refractivity contribution is 6.32. The Kier molecular flexibility index (Phi) is 19.5. The molecule has 0 saturated carbocycles. The number of nitrogens with one attached hydrogen (secondary N) is 5. The summed E-state index contributed by atoms with van der Waals surface area (Å²) in [5, 5.41) is 54.8. The Hall–Kier alpha value is -6.52. The first-order valence-corrected chi connectivity index (χ1v) is 22.6. The molecule has 8 amide bonds. The lowest BCUT2D eigenvalue weighted by Gasteiger charge is -2.43. The number of fused-ring (bicyclic) bond motifs is 2. The number of carbonyl (C=O) groups is 9. The zero-order valence-corrected chi connectivity index (χ0v) is 39.1. The predicted octanol–water partition coefficient (Wildman–Crippen LogP) is -1.25. The lowest BCUT2D eigenvalue weighted by Crippen LogP contribution is -2.67.